The van der Waals surface area contributed by atoms with E-state index in [-0.39, 0.29) is 11.4 Å². The van der Waals surface area contributed by atoms with Gasteiger partial charge in [0.15, 0.2) is 5.69 Å². The smallest absolute Gasteiger partial charge is 0.337 e. The van der Waals surface area contributed by atoms with Crippen LogP contribution in [0.25, 0.3) is 5.69 Å². The lowest BCUT2D eigenvalue weighted by Crippen LogP contribution is -2.27. The zero-order chi connectivity index (χ0) is 25.7. The van der Waals surface area contributed by atoms with Crippen molar-refractivity contribution in [3.63, 3.8) is 0 Å². The van der Waals surface area contributed by atoms with Crippen molar-refractivity contribution in [2.24, 2.45) is 0 Å². The van der Waals surface area contributed by atoms with Gasteiger partial charge in [0.1, 0.15) is 11.5 Å². The molecule has 0 spiro atoms. The van der Waals surface area contributed by atoms with Crippen molar-refractivity contribution in [2.75, 3.05) is 12.4 Å². The Labute approximate surface area is 206 Å². The Morgan fingerprint density at radius 2 is 1.64 bits per heavy atom. The Morgan fingerprint density at radius 3 is 2.36 bits per heavy atom. The van der Waals surface area contributed by atoms with E-state index in [1.165, 1.54) is 36.1 Å². The Morgan fingerprint density at radius 1 is 0.944 bits per heavy atom. The van der Waals surface area contributed by atoms with E-state index in [2.05, 4.69) is 22.3 Å². The molecule has 36 heavy (non-hydrogen) atoms. The summed E-state index contributed by atoms with van der Waals surface area (Å²) in [5.74, 6) is 4.22. The molecule has 1 amide bonds. The summed E-state index contributed by atoms with van der Waals surface area (Å²) in [7, 11) is 1.31. The molecule has 1 N–H and O–H groups in total. The maximum Gasteiger partial charge on any atom is 0.337 e. The average Bonchev–Trinajstić information content (AvgIpc) is 2.88. The number of hydrogen-bond acceptors (Lipinski definition) is 5. The van der Waals surface area contributed by atoms with Crippen LogP contribution in [0.15, 0.2) is 83.7 Å². The number of aromatic nitrogens is 2. The molecule has 0 fully saturated rings. The van der Waals surface area contributed by atoms with Crippen LogP contribution in [0.3, 0.4) is 0 Å². The second-order valence-corrected chi connectivity index (χ2v) is 7.72. The number of ether oxygens (including phenoxy) is 1. The molecule has 8 heteroatoms. The lowest BCUT2D eigenvalue weighted by Gasteiger charge is -2.12. The number of carbonyl (C=O) groups excluding carboxylic acids is 2. The second-order valence-electron chi connectivity index (χ2n) is 7.72. The maximum absolute atomic E-state index is 14.3. The molecule has 0 bridgehead atoms. The van der Waals surface area contributed by atoms with E-state index >= 15 is 0 Å². The van der Waals surface area contributed by atoms with Gasteiger partial charge in [0.25, 0.3) is 5.91 Å². The number of anilines is 1. The lowest BCUT2D eigenvalue weighted by molar-refractivity contribution is 0.0600. The van der Waals surface area contributed by atoms with Crippen molar-refractivity contribution in [1.29, 1.82) is 0 Å². The fourth-order valence-corrected chi connectivity index (χ4v) is 3.42. The first-order valence-electron chi connectivity index (χ1n) is 10.8. The molecule has 4 aromatic rings. The zero-order valence-electron chi connectivity index (χ0n) is 19.4. The monoisotopic (exact) mass is 481 g/mol. The Balaban J connectivity index is 1.58. The van der Waals surface area contributed by atoms with E-state index in [1.807, 2.05) is 0 Å². The van der Waals surface area contributed by atoms with Gasteiger partial charge in [0.2, 0.25) is 5.43 Å². The van der Waals surface area contributed by atoms with Crippen LogP contribution >= 0.6 is 0 Å². The molecule has 0 radical (unpaired) electrons. The minimum atomic E-state index is -0.735. The molecule has 178 valence electrons. The number of halogens is 1. The highest BCUT2D eigenvalue weighted by atomic mass is 19.1. The van der Waals surface area contributed by atoms with E-state index in [9.17, 15) is 18.8 Å². The van der Waals surface area contributed by atoms with E-state index in [1.54, 1.807) is 61.5 Å². The third kappa shape index (κ3) is 5.37. The number of carbonyl (C=O) groups is 2. The molecular weight excluding hydrogens is 461 g/mol. The van der Waals surface area contributed by atoms with Gasteiger partial charge in [0.05, 0.1) is 12.7 Å². The highest BCUT2D eigenvalue weighted by Gasteiger charge is 2.17. The normalized spacial score (nSPS) is 10.2. The lowest BCUT2D eigenvalue weighted by atomic mass is 10.1. The first kappa shape index (κ1) is 24.1. The van der Waals surface area contributed by atoms with Crippen LogP contribution in [0.4, 0.5) is 10.1 Å². The van der Waals surface area contributed by atoms with Crippen LogP contribution in [0.1, 0.15) is 37.7 Å². The summed E-state index contributed by atoms with van der Waals surface area (Å²) in [4.78, 5) is 37.1. The van der Waals surface area contributed by atoms with Crippen molar-refractivity contribution >= 4 is 17.6 Å². The number of amides is 1. The first-order valence-corrected chi connectivity index (χ1v) is 10.8. The topological polar surface area (TPSA) is 90.3 Å². The van der Waals surface area contributed by atoms with Crippen LogP contribution in [0.5, 0.6) is 0 Å². The third-order valence-electron chi connectivity index (χ3n) is 5.16. The van der Waals surface area contributed by atoms with Crippen LogP contribution in [0, 0.1) is 24.6 Å². The number of para-hydroxylation sites is 1. The average molecular weight is 481 g/mol. The predicted octanol–water partition coefficient (Wildman–Crippen LogP) is 4.12. The number of benzene rings is 3. The van der Waals surface area contributed by atoms with Crippen molar-refractivity contribution in [1.82, 2.24) is 9.78 Å². The summed E-state index contributed by atoms with van der Waals surface area (Å²) in [6, 6.07) is 20.6. The molecule has 7 nitrogen and oxygen atoms in total. The van der Waals surface area contributed by atoms with Crippen LogP contribution in [-0.2, 0) is 4.74 Å². The molecule has 0 aliphatic carbocycles. The molecule has 0 atom stereocenters. The minimum Gasteiger partial charge on any atom is -0.465 e. The summed E-state index contributed by atoms with van der Waals surface area (Å²) < 4.78 is 20.2. The number of esters is 1. The van der Waals surface area contributed by atoms with E-state index in [0.717, 1.165) is 0 Å². The van der Waals surface area contributed by atoms with Crippen molar-refractivity contribution in [3.8, 4) is 17.5 Å². The van der Waals surface area contributed by atoms with Gasteiger partial charge in [-0.05, 0) is 55.5 Å². The maximum atomic E-state index is 14.3. The van der Waals surface area contributed by atoms with Gasteiger partial charge >= 0.3 is 5.97 Å². The highest BCUT2D eigenvalue weighted by Crippen LogP contribution is 2.15. The summed E-state index contributed by atoms with van der Waals surface area (Å²) in [5.41, 5.74) is 1.54. The fourth-order valence-electron chi connectivity index (χ4n) is 3.42. The molecule has 0 unspecified atom stereocenters. The van der Waals surface area contributed by atoms with Crippen LogP contribution in [-0.4, -0.2) is 28.8 Å². The van der Waals surface area contributed by atoms with Crippen LogP contribution in [0.2, 0.25) is 0 Å². The molecule has 1 aromatic heterocycles. The molecule has 0 saturated heterocycles. The van der Waals surface area contributed by atoms with Gasteiger partial charge in [-0.1, -0.05) is 36.1 Å². The van der Waals surface area contributed by atoms with Crippen molar-refractivity contribution in [3.05, 3.63) is 123 Å². The Bertz CT molecular complexity index is 1600. The number of nitrogens with one attached hydrogen (secondary N) is 1. The number of aryl methyl sites for hydroxylation is 1. The van der Waals surface area contributed by atoms with E-state index in [0.29, 0.717) is 28.1 Å². The summed E-state index contributed by atoms with van der Waals surface area (Å²) in [5, 5.41) is 6.76. The number of methoxy groups -OCH3 is 1. The SMILES string of the molecule is COC(=O)c1cccc(C#Cc2cccc(NC(=O)c3nn(-c4ccccc4F)c(C)cc3=O)c2)c1. The first-order chi connectivity index (χ1) is 17.4. The molecule has 0 aliphatic heterocycles. The van der Waals surface area contributed by atoms with Gasteiger partial charge in [-0.3, -0.25) is 9.59 Å². The number of nitrogens with zero attached hydrogens (tertiary/aromatic N) is 2. The van der Waals surface area contributed by atoms with Gasteiger partial charge < -0.3 is 10.1 Å². The van der Waals surface area contributed by atoms with Crippen LogP contribution < -0.4 is 10.7 Å². The van der Waals surface area contributed by atoms with Crippen molar-refractivity contribution in [2.45, 2.75) is 6.92 Å². The standard InChI is InChI=1S/C28H20FN3O4/c1-18-15-25(33)26(31-32(18)24-12-4-3-11-23(24)29)27(34)30-22-10-6-8-20(17-22)14-13-19-7-5-9-21(16-19)28(35)36-2/h3-12,15-17H,1-2H3,(H,30,34). The Kier molecular flexibility index (Phi) is 7.02. The molecule has 3 aromatic carbocycles. The van der Waals surface area contributed by atoms with E-state index < -0.39 is 23.1 Å². The minimum absolute atomic E-state index is 0.123. The third-order valence-corrected chi connectivity index (χ3v) is 5.16. The van der Waals surface area contributed by atoms with Gasteiger partial charge in [-0.15, -0.1) is 0 Å². The number of hydrogen-bond donors (Lipinski definition) is 1. The van der Waals surface area contributed by atoms with Gasteiger partial charge in [0, 0.05) is 28.6 Å². The number of rotatable bonds is 4. The fraction of sp³-hybridized carbons (Fsp3) is 0.0714. The molecular formula is C28H20FN3O4. The summed E-state index contributed by atoms with van der Waals surface area (Å²) >= 11 is 0. The van der Waals surface area contributed by atoms with Gasteiger partial charge in [-0.25, -0.2) is 13.9 Å². The zero-order valence-corrected chi connectivity index (χ0v) is 19.4. The van der Waals surface area contributed by atoms with E-state index in [4.69, 9.17) is 4.74 Å². The second kappa shape index (κ2) is 10.5. The molecule has 1 heterocycles. The molecule has 0 aliphatic rings. The Hall–Kier alpha value is -5.03. The quantitative estimate of drug-likeness (QED) is 0.350. The van der Waals surface area contributed by atoms with Gasteiger partial charge in [-0.2, -0.15) is 5.10 Å². The molecule has 4 rings (SSSR count). The summed E-state index contributed by atoms with van der Waals surface area (Å²) in [6.07, 6.45) is 0. The largest absolute Gasteiger partial charge is 0.465 e. The highest BCUT2D eigenvalue weighted by molar-refractivity contribution is 6.02. The van der Waals surface area contributed by atoms with Crippen molar-refractivity contribution < 1.29 is 18.7 Å². The summed E-state index contributed by atoms with van der Waals surface area (Å²) in [6.45, 7) is 1.60. The molecule has 0 saturated carbocycles. The predicted molar refractivity (Wildman–Crippen MR) is 133 cm³/mol.